The Hall–Kier alpha value is -2.50. The fourth-order valence-electron chi connectivity index (χ4n) is 1.58. The number of hydrogen-bond acceptors (Lipinski definition) is 3. The lowest BCUT2D eigenvalue weighted by atomic mass is 10.1. The number of nitrogens with one attached hydrogen (secondary N) is 1. The fourth-order valence-corrected chi connectivity index (χ4v) is 1.58. The van der Waals surface area contributed by atoms with Crippen LogP contribution in [0.1, 0.15) is 26.4 Å². The van der Waals surface area contributed by atoms with Crippen LogP contribution >= 0.6 is 0 Å². The smallest absolute Gasteiger partial charge is 0.354 e. The molecule has 0 radical (unpaired) electrons. The summed E-state index contributed by atoms with van der Waals surface area (Å²) in [4.78, 5) is 25.7. The minimum absolute atomic E-state index is 0.0772. The Morgan fingerprint density at radius 2 is 1.95 bits per heavy atom. The highest BCUT2D eigenvalue weighted by atomic mass is 19.1. The molecule has 0 amide bonds. The van der Waals surface area contributed by atoms with Crippen molar-refractivity contribution in [3.63, 3.8) is 0 Å². The molecule has 1 aromatic heterocycles. The van der Waals surface area contributed by atoms with E-state index in [-0.39, 0.29) is 16.8 Å². The maximum Gasteiger partial charge on any atom is 0.354 e. The summed E-state index contributed by atoms with van der Waals surface area (Å²) in [6, 6.07) is 3.92. The predicted molar refractivity (Wildman–Crippen MR) is 61.9 cm³/mol. The summed E-state index contributed by atoms with van der Waals surface area (Å²) in [5, 5.41) is 0. The van der Waals surface area contributed by atoms with E-state index in [0.29, 0.717) is 6.07 Å². The van der Waals surface area contributed by atoms with Gasteiger partial charge in [0.05, 0.1) is 12.7 Å². The maximum absolute atomic E-state index is 13.5. The lowest BCUT2D eigenvalue weighted by Gasteiger charge is -2.00. The number of aromatic nitrogens is 1. The molecule has 1 aromatic carbocycles. The second-order valence-corrected chi connectivity index (χ2v) is 3.75. The zero-order chi connectivity index (χ0) is 14.0. The van der Waals surface area contributed by atoms with E-state index >= 15 is 0 Å². The molecule has 0 unspecified atom stereocenters. The molecule has 0 bridgehead atoms. The minimum Gasteiger partial charge on any atom is -0.464 e. The van der Waals surface area contributed by atoms with Gasteiger partial charge in [-0.1, -0.05) is 0 Å². The maximum atomic E-state index is 13.5. The van der Waals surface area contributed by atoms with Gasteiger partial charge in [-0.2, -0.15) is 0 Å². The van der Waals surface area contributed by atoms with E-state index < -0.39 is 23.4 Å². The van der Waals surface area contributed by atoms with Crippen LogP contribution < -0.4 is 0 Å². The summed E-state index contributed by atoms with van der Waals surface area (Å²) in [5.41, 5.74) is -0.101. The molecule has 1 N–H and O–H groups in total. The van der Waals surface area contributed by atoms with Gasteiger partial charge in [0, 0.05) is 17.8 Å². The third-order valence-corrected chi connectivity index (χ3v) is 2.53. The highest BCUT2D eigenvalue weighted by molar-refractivity contribution is 6.10. The Morgan fingerprint density at radius 1 is 1.21 bits per heavy atom. The lowest BCUT2D eigenvalue weighted by molar-refractivity contribution is 0.0595. The number of hydrogen-bond donors (Lipinski definition) is 1. The van der Waals surface area contributed by atoms with Gasteiger partial charge in [-0.05, 0) is 18.2 Å². The molecule has 1 heterocycles. The van der Waals surface area contributed by atoms with Gasteiger partial charge in [-0.15, -0.1) is 0 Å². The van der Waals surface area contributed by atoms with Gasteiger partial charge in [0.1, 0.15) is 17.3 Å². The van der Waals surface area contributed by atoms with Crippen LogP contribution in [0, 0.1) is 11.6 Å². The number of benzene rings is 1. The molecule has 0 fully saturated rings. The summed E-state index contributed by atoms with van der Waals surface area (Å²) in [6.07, 6.45) is 1.26. The number of ketones is 1. The summed E-state index contributed by atoms with van der Waals surface area (Å²) >= 11 is 0. The van der Waals surface area contributed by atoms with E-state index in [1.807, 2.05) is 0 Å². The van der Waals surface area contributed by atoms with Crippen molar-refractivity contribution in [1.82, 2.24) is 4.98 Å². The molecule has 2 rings (SSSR count). The zero-order valence-corrected chi connectivity index (χ0v) is 9.87. The van der Waals surface area contributed by atoms with E-state index in [9.17, 15) is 18.4 Å². The third kappa shape index (κ3) is 2.52. The Balaban J connectivity index is 2.34. The average molecular weight is 265 g/mol. The van der Waals surface area contributed by atoms with Crippen molar-refractivity contribution in [1.29, 1.82) is 0 Å². The molecule has 0 saturated heterocycles. The monoisotopic (exact) mass is 265 g/mol. The van der Waals surface area contributed by atoms with E-state index in [2.05, 4.69) is 9.72 Å². The molecular formula is C13H9F2NO3. The fraction of sp³-hybridized carbons (Fsp3) is 0.0769. The first-order valence-electron chi connectivity index (χ1n) is 5.29. The highest BCUT2D eigenvalue weighted by Crippen LogP contribution is 2.16. The first-order valence-corrected chi connectivity index (χ1v) is 5.29. The van der Waals surface area contributed by atoms with Crippen LogP contribution in [0.4, 0.5) is 8.78 Å². The number of carbonyl (C=O) groups is 2. The Morgan fingerprint density at radius 3 is 2.58 bits per heavy atom. The number of ether oxygens (including phenoxy) is 1. The Labute approximate surface area is 107 Å². The number of methoxy groups -OCH3 is 1. The summed E-state index contributed by atoms with van der Waals surface area (Å²) in [7, 11) is 1.20. The number of rotatable bonds is 3. The Kier molecular flexibility index (Phi) is 3.41. The van der Waals surface area contributed by atoms with Crippen LogP contribution in [0.3, 0.4) is 0 Å². The van der Waals surface area contributed by atoms with Crippen molar-refractivity contribution >= 4 is 11.8 Å². The molecule has 0 aliphatic heterocycles. The van der Waals surface area contributed by atoms with E-state index in [1.165, 1.54) is 19.4 Å². The van der Waals surface area contributed by atoms with E-state index in [0.717, 1.165) is 12.1 Å². The second-order valence-electron chi connectivity index (χ2n) is 3.75. The Bertz CT molecular complexity index is 649. The molecule has 6 heteroatoms. The number of H-pyrrole nitrogens is 1. The summed E-state index contributed by atoms with van der Waals surface area (Å²) in [5.74, 6) is -3.01. The second kappa shape index (κ2) is 5.01. The van der Waals surface area contributed by atoms with Crippen molar-refractivity contribution in [3.8, 4) is 0 Å². The molecule has 0 aliphatic rings. The van der Waals surface area contributed by atoms with E-state index in [4.69, 9.17) is 0 Å². The van der Waals surface area contributed by atoms with Gasteiger partial charge in [0.2, 0.25) is 0 Å². The van der Waals surface area contributed by atoms with Gasteiger partial charge in [0.25, 0.3) is 0 Å². The van der Waals surface area contributed by atoms with Crippen LogP contribution in [0.2, 0.25) is 0 Å². The van der Waals surface area contributed by atoms with Crippen LogP contribution in [-0.4, -0.2) is 23.8 Å². The minimum atomic E-state index is -0.953. The third-order valence-electron chi connectivity index (χ3n) is 2.53. The standard InChI is InChI=1S/C13H9F2NO3/c1-19-13(18)11-4-7(6-16-11)12(17)9-3-2-8(14)5-10(9)15/h2-6,16H,1H3. The van der Waals surface area contributed by atoms with Crippen molar-refractivity contribution < 1.29 is 23.1 Å². The number of aromatic amines is 1. The van der Waals surface area contributed by atoms with Gasteiger partial charge < -0.3 is 9.72 Å². The van der Waals surface area contributed by atoms with Gasteiger partial charge in [-0.3, -0.25) is 4.79 Å². The number of carbonyl (C=O) groups excluding carboxylic acids is 2. The molecule has 19 heavy (non-hydrogen) atoms. The molecule has 0 saturated carbocycles. The van der Waals surface area contributed by atoms with Crippen molar-refractivity contribution in [2.45, 2.75) is 0 Å². The molecule has 2 aromatic rings. The molecule has 4 nitrogen and oxygen atoms in total. The zero-order valence-electron chi connectivity index (χ0n) is 9.87. The van der Waals surface area contributed by atoms with Crippen LogP contribution in [0.25, 0.3) is 0 Å². The van der Waals surface area contributed by atoms with Crippen LogP contribution in [0.5, 0.6) is 0 Å². The lowest BCUT2D eigenvalue weighted by Crippen LogP contribution is -2.04. The topological polar surface area (TPSA) is 59.2 Å². The summed E-state index contributed by atoms with van der Waals surface area (Å²) in [6.45, 7) is 0. The molecule has 0 aliphatic carbocycles. The molecule has 0 spiro atoms. The van der Waals surface area contributed by atoms with Crippen molar-refractivity contribution in [3.05, 3.63) is 58.9 Å². The quantitative estimate of drug-likeness (QED) is 0.684. The van der Waals surface area contributed by atoms with Crippen LogP contribution in [-0.2, 0) is 4.74 Å². The number of esters is 1. The van der Waals surface area contributed by atoms with Gasteiger partial charge in [-0.25, -0.2) is 13.6 Å². The SMILES string of the molecule is COC(=O)c1cc(C(=O)c2ccc(F)cc2F)c[nH]1. The highest BCUT2D eigenvalue weighted by Gasteiger charge is 2.18. The molecule has 0 atom stereocenters. The summed E-state index contributed by atoms with van der Waals surface area (Å²) < 4.78 is 30.7. The first-order chi connectivity index (χ1) is 9.02. The first kappa shape index (κ1) is 12.9. The van der Waals surface area contributed by atoms with Gasteiger partial charge >= 0.3 is 5.97 Å². The average Bonchev–Trinajstić information content (AvgIpc) is 2.86. The number of halogens is 2. The molecular weight excluding hydrogens is 256 g/mol. The predicted octanol–water partition coefficient (Wildman–Crippen LogP) is 2.31. The normalized spacial score (nSPS) is 10.3. The van der Waals surface area contributed by atoms with Gasteiger partial charge in [0.15, 0.2) is 5.78 Å². The van der Waals surface area contributed by atoms with Crippen LogP contribution in [0.15, 0.2) is 30.5 Å². The largest absolute Gasteiger partial charge is 0.464 e. The van der Waals surface area contributed by atoms with E-state index in [1.54, 1.807) is 0 Å². The van der Waals surface area contributed by atoms with Crippen molar-refractivity contribution in [2.75, 3.05) is 7.11 Å². The van der Waals surface area contributed by atoms with Crippen molar-refractivity contribution in [2.24, 2.45) is 0 Å². The molecule has 98 valence electrons.